The van der Waals surface area contributed by atoms with Crippen LogP contribution in [0.25, 0.3) is 0 Å². The molecule has 1 aromatic carbocycles. The first-order chi connectivity index (χ1) is 9.21. The molecule has 0 saturated heterocycles. The molecule has 0 atom stereocenters. The van der Waals surface area contributed by atoms with Gasteiger partial charge in [-0.3, -0.25) is 0 Å². The van der Waals surface area contributed by atoms with Crippen molar-refractivity contribution in [1.29, 1.82) is 0 Å². The average molecular weight is 296 g/mol. The summed E-state index contributed by atoms with van der Waals surface area (Å²) >= 11 is 0. The van der Waals surface area contributed by atoms with Crippen LogP contribution in [0.1, 0.15) is 32.8 Å². The second-order valence-corrected chi connectivity index (χ2v) is 9.27. The van der Waals surface area contributed by atoms with E-state index in [4.69, 9.17) is 5.73 Å². The third kappa shape index (κ3) is 3.08. The zero-order valence-corrected chi connectivity index (χ0v) is 13.3. The summed E-state index contributed by atoms with van der Waals surface area (Å²) in [5, 5.41) is 0. The predicted molar refractivity (Wildman–Crippen MR) is 84.9 cm³/mol. The minimum absolute atomic E-state index is 0.195. The lowest BCUT2D eigenvalue weighted by Crippen LogP contribution is -2.38. The van der Waals surface area contributed by atoms with Crippen LogP contribution in [0.2, 0.25) is 0 Å². The number of nitrogens with two attached hydrogens (primary N) is 1. The van der Waals surface area contributed by atoms with Crippen molar-refractivity contribution in [2.75, 3.05) is 29.5 Å². The first kappa shape index (κ1) is 15.2. The lowest BCUT2D eigenvalue weighted by atomic mass is 10.0. The van der Waals surface area contributed by atoms with Crippen molar-refractivity contribution in [2.24, 2.45) is 0 Å². The number of nitrogen functional groups attached to an aromatic ring is 1. The SMILES string of the molecule is CC(C)(C)S(=O)(=O)CCN1CCCc2cc(N)ccc21. The Labute approximate surface area is 121 Å². The molecule has 1 aliphatic rings. The van der Waals surface area contributed by atoms with Crippen LogP contribution in [0, 0.1) is 0 Å². The van der Waals surface area contributed by atoms with Gasteiger partial charge in [-0.2, -0.15) is 0 Å². The summed E-state index contributed by atoms with van der Waals surface area (Å²) in [6.07, 6.45) is 2.06. The Hall–Kier alpha value is -1.23. The summed E-state index contributed by atoms with van der Waals surface area (Å²) in [5.74, 6) is 0.195. The van der Waals surface area contributed by atoms with Gasteiger partial charge in [0.15, 0.2) is 9.84 Å². The van der Waals surface area contributed by atoms with E-state index in [1.165, 1.54) is 5.56 Å². The van der Waals surface area contributed by atoms with Crippen LogP contribution in [0.5, 0.6) is 0 Å². The first-order valence-electron chi connectivity index (χ1n) is 7.06. The molecule has 1 aliphatic heterocycles. The Bertz CT molecular complexity index is 588. The van der Waals surface area contributed by atoms with Crippen molar-refractivity contribution in [3.05, 3.63) is 23.8 Å². The van der Waals surface area contributed by atoms with E-state index in [0.717, 1.165) is 30.8 Å². The molecule has 0 amide bonds. The van der Waals surface area contributed by atoms with Crippen LogP contribution in [0.4, 0.5) is 11.4 Å². The van der Waals surface area contributed by atoms with Crippen molar-refractivity contribution in [2.45, 2.75) is 38.4 Å². The van der Waals surface area contributed by atoms with Gasteiger partial charge < -0.3 is 10.6 Å². The van der Waals surface area contributed by atoms with E-state index in [0.29, 0.717) is 6.54 Å². The highest BCUT2D eigenvalue weighted by Crippen LogP contribution is 2.29. The standard InChI is InChI=1S/C15H24N2O2S/c1-15(2,3)20(18,19)10-9-17-8-4-5-12-11-13(16)6-7-14(12)17/h6-7,11H,4-5,8-10,16H2,1-3H3. The zero-order valence-electron chi connectivity index (χ0n) is 12.5. The summed E-state index contributed by atoms with van der Waals surface area (Å²) in [5.41, 5.74) is 8.94. The van der Waals surface area contributed by atoms with E-state index < -0.39 is 14.6 Å². The van der Waals surface area contributed by atoms with E-state index in [2.05, 4.69) is 4.90 Å². The Morgan fingerprint density at radius 2 is 2.00 bits per heavy atom. The molecule has 0 saturated carbocycles. The van der Waals surface area contributed by atoms with Gasteiger partial charge in [-0.05, 0) is 57.4 Å². The topological polar surface area (TPSA) is 63.4 Å². The van der Waals surface area contributed by atoms with Gasteiger partial charge in [0.25, 0.3) is 0 Å². The fourth-order valence-electron chi connectivity index (χ4n) is 2.46. The molecule has 0 spiro atoms. The Kier molecular flexibility index (Phi) is 4.00. The lowest BCUT2D eigenvalue weighted by Gasteiger charge is -2.32. The second kappa shape index (κ2) is 5.28. The highest BCUT2D eigenvalue weighted by Gasteiger charge is 2.29. The zero-order chi connectivity index (χ0) is 15.0. The molecule has 0 aromatic heterocycles. The molecule has 112 valence electrons. The van der Waals surface area contributed by atoms with E-state index in [1.807, 2.05) is 18.2 Å². The Morgan fingerprint density at radius 3 is 2.65 bits per heavy atom. The number of rotatable bonds is 3. The van der Waals surface area contributed by atoms with Crippen molar-refractivity contribution >= 4 is 21.2 Å². The number of hydrogen-bond donors (Lipinski definition) is 1. The summed E-state index contributed by atoms with van der Waals surface area (Å²) in [7, 11) is -3.07. The number of benzene rings is 1. The maximum Gasteiger partial charge on any atom is 0.156 e. The molecular weight excluding hydrogens is 272 g/mol. The van der Waals surface area contributed by atoms with Crippen LogP contribution in [0.3, 0.4) is 0 Å². The molecule has 0 aliphatic carbocycles. The number of sulfone groups is 1. The molecule has 0 bridgehead atoms. The first-order valence-corrected chi connectivity index (χ1v) is 8.71. The van der Waals surface area contributed by atoms with E-state index >= 15 is 0 Å². The summed E-state index contributed by atoms with van der Waals surface area (Å²) in [6, 6.07) is 5.89. The molecule has 4 nitrogen and oxygen atoms in total. The minimum Gasteiger partial charge on any atom is -0.399 e. The molecule has 0 radical (unpaired) electrons. The van der Waals surface area contributed by atoms with Gasteiger partial charge in [-0.1, -0.05) is 0 Å². The molecular formula is C15H24N2O2S. The van der Waals surface area contributed by atoms with Crippen LogP contribution in [0.15, 0.2) is 18.2 Å². The number of hydrogen-bond acceptors (Lipinski definition) is 4. The third-order valence-corrected chi connectivity index (χ3v) is 6.47. The highest BCUT2D eigenvalue weighted by atomic mass is 32.2. The van der Waals surface area contributed by atoms with Gasteiger partial charge in [0, 0.05) is 24.5 Å². The smallest absolute Gasteiger partial charge is 0.156 e. The molecule has 1 heterocycles. The van der Waals surface area contributed by atoms with Gasteiger partial charge >= 0.3 is 0 Å². The van der Waals surface area contributed by atoms with Gasteiger partial charge in [0.2, 0.25) is 0 Å². The van der Waals surface area contributed by atoms with Gasteiger partial charge in [0.05, 0.1) is 10.5 Å². The molecule has 1 aromatic rings. The van der Waals surface area contributed by atoms with Crippen molar-refractivity contribution < 1.29 is 8.42 Å². The molecule has 2 rings (SSSR count). The monoisotopic (exact) mass is 296 g/mol. The number of fused-ring (bicyclic) bond motifs is 1. The highest BCUT2D eigenvalue weighted by molar-refractivity contribution is 7.92. The number of nitrogens with zero attached hydrogens (tertiary/aromatic N) is 1. The van der Waals surface area contributed by atoms with Crippen LogP contribution in [-0.4, -0.2) is 32.0 Å². The maximum absolute atomic E-state index is 12.2. The molecule has 20 heavy (non-hydrogen) atoms. The molecule has 0 fully saturated rings. The van der Waals surface area contributed by atoms with Gasteiger partial charge in [-0.15, -0.1) is 0 Å². The quantitative estimate of drug-likeness (QED) is 0.869. The number of anilines is 2. The Balaban J connectivity index is 2.14. The van der Waals surface area contributed by atoms with Gasteiger partial charge in [0.1, 0.15) is 0 Å². The summed E-state index contributed by atoms with van der Waals surface area (Å²) in [6.45, 7) is 6.74. The van der Waals surface area contributed by atoms with E-state index in [9.17, 15) is 8.42 Å². The van der Waals surface area contributed by atoms with Crippen LogP contribution in [-0.2, 0) is 16.3 Å². The number of aryl methyl sites for hydroxylation is 1. The lowest BCUT2D eigenvalue weighted by molar-refractivity contribution is 0.558. The second-order valence-electron chi connectivity index (χ2n) is 6.41. The van der Waals surface area contributed by atoms with Crippen molar-refractivity contribution in [3.63, 3.8) is 0 Å². The summed E-state index contributed by atoms with van der Waals surface area (Å²) < 4.78 is 23.7. The molecule has 0 unspecified atom stereocenters. The fourth-order valence-corrected chi connectivity index (χ4v) is 3.54. The van der Waals surface area contributed by atoms with Crippen molar-refractivity contribution in [3.8, 4) is 0 Å². The normalized spacial score (nSPS) is 16.1. The van der Waals surface area contributed by atoms with Crippen LogP contribution >= 0.6 is 0 Å². The maximum atomic E-state index is 12.2. The summed E-state index contributed by atoms with van der Waals surface area (Å²) in [4.78, 5) is 2.17. The average Bonchev–Trinajstić information content (AvgIpc) is 2.34. The van der Waals surface area contributed by atoms with Crippen LogP contribution < -0.4 is 10.6 Å². The van der Waals surface area contributed by atoms with E-state index in [-0.39, 0.29) is 5.75 Å². The predicted octanol–water partition coefficient (Wildman–Crippen LogP) is 2.23. The fraction of sp³-hybridized carbons (Fsp3) is 0.600. The van der Waals surface area contributed by atoms with E-state index in [1.54, 1.807) is 20.8 Å². The van der Waals surface area contributed by atoms with Gasteiger partial charge in [-0.25, -0.2) is 8.42 Å². The van der Waals surface area contributed by atoms with Crippen molar-refractivity contribution in [1.82, 2.24) is 0 Å². The molecule has 5 heteroatoms. The third-order valence-electron chi connectivity index (χ3n) is 3.88. The minimum atomic E-state index is -3.07. The molecule has 2 N–H and O–H groups in total. The Morgan fingerprint density at radius 1 is 1.30 bits per heavy atom. The largest absolute Gasteiger partial charge is 0.399 e.